The zero-order chi connectivity index (χ0) is 24.4. The van der Waals surface area contributed by atoms with Crippen LogP contribution in [0.4, 0.5) is 5.69 Å². The zero-order valence-corrected chi connectivity index (χ0v) is 20.9. The largest absolute Gasteiger partial charge is 0.354 e. The van der Waals surface area contributed by atoms with E-state index in [4.69, 9.17) is 11.6 Å². The van der Waals surface area contributed by atoms with Crippen LogP contribution >= 0.6 is 11.6 Å². The summed E-state index contributed by atoms with van der Waals surface area (Å²) in [4.78, 5) is 28.4. The maximum absolute atomic E-state index is 13.5. The Kier molecular flexibility index (Phi) is 7.51. The third kappa shape index (κ3) is 5.08. The monoisotopic (exact) mass is 491 g/mol. The lowest BCUT2D eigenvalue weighted by Gasteiger charge is -2.47. The first kappa shape index (κ1) is 25.2. The molecule has 2 amide bonds. The van der Waals surface area contributed by atoms with E-state index in [1.165, 1.54) is 17.0 Å². The molecule has 178 valence electrons. The van der Waals surface area contributed by atoms with E-state index in [0.717, 1.165) is 10.7 Å². The van der Waals surface area contributed by atoms with Gasteiger partial charge in [0, 0.05) is 23.8 Å². The number of sulfonamides is 1. The van der Waals surface area contributed by atoms with Gasteiger partial charge in [0.2, 0.25) is 21.8 Å². The smallest absolute Gasteiger partial charge is 0.247 e. The summed E-state index contributed by atoms with van der Waals surface area (Å²) in [7, 11) is -3.98. The van der Waals surface area contributed by atoms with Crippen LogP contribution in [0.25, 0.3) is 0 Å². The Bertz CT molecular complexity index is 1140. The van der Waals surface area contributed by atoms with E-state index in [-0.39, 0.29) is 18.0 Å². The molecule has 1 heterocycles. The van der Waals surface area contributed by atoms with Gasteiger partial charge >= 0.3 is 0 Å². The fourth-order valence-corrected chi connectivity index (χ4v) is 5.63. The number of hydrogen-bond donors (Lipinski definition) is 1. The number of rotatable bonds is 7. The number of amides is 2. The molecule has 3 rings (SSSR count). The van der Waals surface area contributed by atoms with Crippen molar-refractivity contribution in [3.63, 3.8) is 0 Å². The molecule has 9 heteroatoms. The predicted molar refractivity (Wildman–Crippen MR) is 130 cm³/mol. The molecule has 0 aromatic heterocycles. The van der Waals surface area contributed by atoms with Crippen LogP contribution in [0.2, 0.25) is 5.02 Å². The maximum Gasteiger partial charge on any atom is 0.247 e. The molecule has 0 spiro atoms. The summed E-state index contributed by atoms with van der Waals surface area (Å²) >= 11 is 6.31. The highest BCUT2D eigenvalue weighted by Gasteiger charge is 2.51. The van der Waals surface area contributed by atoms with Gasteiger partial charge in [-0.2, -0.15) is 4.31 Å². The Morgan fingerprint density at radius 1 is 1.15 bits per heavy atom. The predicted octanol–water partition coefficient (Wildman–Crippen LogP) is 3.61. The summed E-state index contributed by atoms with van der Waals surface area (Å²) in [5.74, 6) is -0.524. The number of hydrogen-bond acceptors (Lipinski definition) is 4. The third-order valence-electron chi connectivity index (χ3n) is 5.90. The number of anilines is 1. The number of nitrogens with zero attached hydrogens (tertiary/aromatic N) is 2. The van der Waals surface area contributed by atoms with Crippen molar-refractivity contribution in [3.05, 3.63) is 59.1 Å². The molecule has 1 N–H and O–H groups in total. The lowest BCUT2D eigenvalue weighted by molar-refractivity contribution is -0.132. The Hall–Kier alpha value is -2.42. The van der Waals surface area contributed by atoms with E-state index in [9.17, 15) is 18.0 Å². The van der Waals surface area contributed by atoms with Crippen molar-refractivity contribution in [3.8, 4) is 0 Å². The molecule has 1 aliphatic heterocycles. The van der Waals surface area contributed by atoms with Gasteiger partial charge in [0.1, 0.15) is 5.54 Å². The van der Waals surface area contributed by atoms with Gasteiger partial charge in [0.05, 0.1) is 11.4 Å². The minimum absolute atomic E-state index is 0.0766. The van der Waals surface area contributed by atoms with Crippen LogP contribution in [0, 0.1) is 12.8 Å². The zero-order valence-electron chi connectivity index (χ0n) is 19.3. The van der Waals surface area contributed by atoms with Crippen LogP contribution in [0.5, 0.6) is 0 Å². The second kappa shape index (κ2) is 9.83. The molecule has 1 atom stereocenters. The first-order valence-electron chi connectivity index (χ1n) is 10.9. The van der Waals surface area contributed by atoms with Crippen molar-refractivity contribution in [2.24, 2.45) is 5.92 Å². The molecular formula is C24H30ClN3O4S. The third-order valence-corrected chi connectivity index (χ3v) is 8.11. The van der Waals surface area contributed by atoms with Crippen molar-refractivity contribution in [1.29, 1.82) is 0 Å². The summed E-state index contributed by atoms with van der Waals surface area (Å²) in [5, 5.41) is 3.36. The summed E-state index contributed by atoms with van der Waals surface area (Å²) in [6.07, 6.45) is 0.762. The average molecular weight is 492 g/mol. The lowest BCUT2D eigenvalue weighted by atomic mass is 9.93. The van der Waals surface area contributed by atoms with E-state index in [2.05, 4.69) is 5.32 Å². The fourth-order valence-electron chi connectivity index (χ4n) is 3.95. The molecule has 33 heavy (non-hydrogen) atoms. The van der Waals surface area contributed by atoms with Crippen molar-refractivity contribution < 1.29 is 18.0 Å². The number of nitrogens with one attached hydrogen (secondary N) is 1. The van der Waals surface area contributed by atoms with Gasteiger partial charge in [-0.1, -0.05) is 49.7 Å². The summed E-state index contributed by atoms with van der Waals surface area (Å²) in [6, 6.07) is 13.1. The van der Waals surface area contributed by atoms with Crippen molar-refractivity contribution >= 4 is 39.1 Å². The van der Waals surface area contributed by atoms with Gasteiger partial charge < -0.3 is 5.32 Å². The van der Waals surface area contributed by atoms with E-state index in [1.54, 1.807) is 50.2 Å². The van der Waals surface area contributed by atoms with Crippen LogP contribution in [-0.4, -0.2) is 49.7 Å². The van der Waals surface area contributed by atoms with Gasteiger partial charge in [-0.3, -0.25) is 14.5 Å². The van der Waals surface area contributed by atoms with E-state index in [1.807, 2.05) is 13.8 Å². The molecule has 0 aliphatic carbocycles. The second-order valence-electron chi connectivity index (χ2n) is 8.91. The summed E-state index contributed by atoms with van der Waals surface area (Å²) < 4.78 is 27.7. The van der Waals surface area contributed by atoms with Crippen molar-refractivity contribution in [2.45, 2.75) is 44.6 Å². The van der Waals surface area contributed by atoms with E-state index >= 15 is 0 Å². The molecular weight excluding hydrogens is 462 g/mol. The first-order chi connectivity index (χ1) is 15.5. The molecule has 1 fully saturated rings. The molecule has 0 unspecified atom stereocenters. The molecule has 1 saturated heterocycles. The highest BCUT2D eigenvalue weighted by molar-refractivity contribution is 7.89. The number of carbonyl (C=O) groups is 2. The Morgan fingerprint density at radius 3 is 2.45 bits per heavy atom. The Balaban J connectivity index is 2.05. The maximum atomic E-state index is 13.5. The van der Waals surface area contributed by atoms with Crippen LogP contribution in [0.15, 0.2) is 53.4 Å². The van der Waals surface area contributed by atoms with Crippen LogP contribution in [-0.2, 0) is 19.6 Å². The van der Waals surface area contributed by atoms with Crippen LogP contribution in [0.3, 0.4) is 0 Å². The SMILES string of the molecule is Cc1c(Cl)cccc1N1C(=O)CN(S(=O)(=O)c2ccccc2)C[C@]1(C)C(=O)NCCC(C)C. The van der Waals surface area contributed by atoms with Crippen molar-refractivity contribution in [2.75, 3.05) is 24.5 Å². The van der Waals surface area contributed by atoms with Gasteiger partial charge in [-0.05, 0) is 56.0 Å². The molecule has 1 aliphatic rings. The van der Waals surface area contributed by atoms with Gasteiger partial charge in [0.25, 0.3) is 0 Å². The minimum atomic E-state index is -3.98. The molecule has 2 aromatic rings. The lowest BCUT2D eigenvalue weighted by Crippen LogP contribution is -2.70. The molecule has 0 bridgehead atoms. The topological polar surface area (TPSA) is 86.8 Å². The average Bonchev–Trinajstić information content (AvgIpc) is 2.76. The number of piperazine rings is 1. The molecule has 2 aromatic carbocycles. The molecule has 7 nitrogen and oxygen atoms in total. The Morgan fingerprint density at radius 2 is 1.82 bits per heavy atom. The standard InChI is InChI=1S/C24H30ClN3O4S/c1-17(2)13-14-26-23(30)24(4)16-27(33(31,32)19-9-6-5-7-10-19)15-22(29)28(24)21-12-8-11-20(25)18(21)3/h5-12,17H,13-16H2,1-4H3,(H,26,30)/t24-/m1/s1. The summed E-state index contributed by atoms with van der Waals surface area (Å²) in [6.45, 7) is 7.33. The number of benzene rings is 2. The van der Waals surface area contributed by atoms with Crippen LogP contribution in [0.1, 0.15) is 32.8 Å². The highest BCUT2D eigenvalue weighted by Crippen LogP contribution is 2.36. The van der Waals surface area contributed by atoms with Crippen molar-refractivity contribution in [1.82, 2.24) is 9.62 Å². The fraction of sp³-hybridized carbons (Fsp3) is 0.417. The quantitative estimate of drug-likeness (QED) is 0.641. The highest BCUT2D eigenvalue weighted by atomic mass is 35.5. The molecule has 0 radical (unpaired) electrons. The van der Waals surface area contributed by atoms with Crippen LogP contribution < -0.4 is 10.2 Å². The Labute approximate surface area is 200 Å². The first-order valence-corrected chi connectivity index (χ1v) is 12.7. The summed E-state index contributed by atoms with van der Waals surface area (Å²) in [5.41, 5.74) is -0.331. The van der Waals surface area contributed by atoms with Gasteiger partial charge in [0.15, 0.2) is 0 Å². The number of halogens is 1. The minimum Gasteiger partial charge on any atom is -0.354 e. The normalized spacial score (nSPS) is 19.7. The molecule has 0 saturated carbocycles. The second-order valence-corrected chi connectivity index (χ2v) is 11.3. The van der Waals surface area contributed by atoms with Gasteiger partial charge in [-0.15, -0.1) is 0 Å². The van der Waals surface area contributed by atoms with E-state index < -0.39 is 27.4 Å². The van der Waals surface area contributed by atoms with Gasteiger partial charge in [-0.25, -0.2) is 8.42 Å². The van der Waals surface area contributed by atoms with E-state index in [0.29, 0.717) is 28.7 Å². The number of carbonyl (C=O) groups excluding carboxylic acids is 2.